The predicted molar refractivity (Wildman–Crippen MR) is 86.4 cm³/mol. The van der Waals surface area contributed by atoms with E-state index in [9.17, 15) is 4.79 Å². The van der Waals surface area contributed by atoms with Gasteiger partial charge in [-0.1, -0.05) is 36.8 Å². The molecule has 1 aliphatic heterocycles. The number of anilines is 1. The normalized spacial score (nSPS) is 18.8. The zero-order valence-electron chi connectivity index (χ0n) is 12.5. The van der Waals surface area contributed by atoms with Gasteiger partial charge in [-0.25, -0.2) is 4.68 Å². The van der Waals surface area contributed by atoms with Gasteiger partial charge < -0.3 is 16.8 Å². The molecule has 3 rings (SSSR count). The molecule has 2 heterocycles. The van der Waals surface area contributed by atoms with Gasteiger partial charge in [0.25, 0.3) is 5.91 Å². The molecule has 116 valence electrons. The number of nitrogen functional groups attached to an aromatic ring is 1. The van der Waals surface area contributed by atoms with E-state index in [1.165, 1.54) is 0 Å². The summed E-state index contributed by atoms with van der Waals surface area (Å²) in [5.74, 6) is -0.177. The van der Waals surface area contributed by atoms with Gasteiger partial charge in [0.1, 0.15) is 17.1 Å². The Balaban J connectivity index is 2.07. The van der Waals surface area contributed by atoms with Gasteiger partial charge in [-0.2, -0.15) is 5.10 Å². The molecule has 6 heteroatoms. The number of nitrogens with zero attached hydrogens (tertiary/aromatic N) is 2. The highest BCUT2D eigenvalue weighted by molar-refractivity contribution is 6.03. The summed E-state index contributed by atoms with van der Waals surface area (Å²) in [6, 6.07) is 9.69. The number of hydrogen-bond acceptors (Lipinski definition) is 4. The molecule has 1 aromatic heterocycles. The first-order valence-corrected chi connectivity index (χ1v) is 7.62. The van der Waals surface area contributed by atoms with E-state index < -0.39 is 5.91 Å². The molecule has 0 spiro atoms. The first kappa shape index (κ1) is 14.6. The minimum absolute atomic E-state index is 0.151. The number of rotatable bonds is 3. The van der Waals surface area contributed by atoms with E-state index >= 15 is 0 Å². The third kappa shape index (κ3) is 2.69. The van der Waals surface area contributed by atoms with Gasteiger partial charge in [-0.15, -0.1) is 0 Å². The molecule has 6 nitrogen and oxygen atoms in total. The second-order valence-corrected chi connectivity index (χ2v) is 5.64. The second-order valence-electron chi connectivity index (χ2n) is 5.64. The van der Waals surface area contributed by atoms with Crippen molar-refractivity contribution in [3.63, 3.8) is 0 Å². The number of benzene rings is 1. The van der Waals surface area contributed by atoms with E-state index in [-0.39, 0.29) is 6.04 Å². The minimum atomic E-state index is -0.538. The van der Waals surface area contributed by atoms with E-state index in [1.54, 1.807) is 4.68 Å². The molecule has 0 radical (unpaired) electrons. The molecule has 5 N–H and O–H groups in total. The first-order chi connectivity index (χ1) is 10.7. The minimum Gasteiger partial charge on any atom is -0.383 e. The van der Waals surface area contributed by atoms with Crippen molar-refractivity contribution in [1.82, 2.24) is 15.1 Å². The third-order valence-electron chi connectivity index (χ3n) is 4.11. The highest BCUT2D eigenvalue weighted by Gasteiger charge is 2.25. The van der Waals surface area contributed by atoms with Crippen molar-refractivity contribution in [2.75, 3.05) is 18.8 Å². The van der Waals surface area contributed by atoms with Crippen molar-refractivity contribution >= 4 is 11.7 Å². The summed E-state index contributed by atoms with van der Waals surface area (Å²) in [7, 11) is 0. The van der Waals surface area contributed by atoms with Gasteiger partial charge in [0.2, 0.25) is 0 Å². The zero-order valence-corrected chi connectivity index (χ0v) is 12.5. The van der Waals surface area contributed by atoms with E-state index in [2.05, 4.69) is 10.4 Å². The van der Waals surface area contributed by atoms with Crippen LogP contribution in [0.15, 0.2) is 30.3 Å². The quantitative estimate of drug-likeness (QED) is 0.800. The van der Waals surface area contributed by atoms with Gasteiger partial charge in [0.05, 0.1) is 6.04 Å². The lowest BCUT2D eigenvalue weighted by Crippen LogP contribution is -2.25. The second kappa shape index (κ2) is 6.19. The van der Waals surface area contributed by atoms with Crippen LogP contribution in [-0.4, -0.2) is 28.8 Å². The largest absolute Gasteiger partial charge is 0.383 e. The van der Waals surface area contributed by atoms with Crippen LogP contribution in [0.1, 0.15) is 35.7 Å². The molecule has 1 unspecified atom stereocenters. The van der Waals surface area contributed by atoms with E-state index in [4.69, 9.17) is 11.5 Å². The van der Waals surface area contributed by atoms with Crippen molar-refractivity contribution in [2.45, 2.75) is 25.3 Å². The first-order valence-electron chi connectivity index (χ1n) is 7.62. The van der Waals surface area contributed by atoms with Gasteiger partial charge in [-0.3, -0.25) is 4.79 Å². The van der Waals surface area contributed by atoms with Gasteiger partial charge >= 0.3 is 0 Å². The number of nitrogens with one attached hydrogen (secondary N) is 1. The molecule has 1 aromatic carbocycles. The average Bonchev–Trinajstić information content (AvgIpc) is 2.71. The summed E-state index contributed by atoms with van der Waals surface area (Å²) in [6.07, 6.45) is 3.25. The molecular weight excluding hydrogens is 278 g/mol. The van der Waals surface area contributed by atoms with Crippen molar-refractivity contribution in [2.24, 2.45) is 5.73 Å². The summed E-state index contributed by atoms with van der Waals surface area (Å²) in [6.45, 7) is 1.81. The molecule has 1 atom stereocenters. The molecule has 0 bridgehead atoms. The average molecular weight is 299 g/mol. The number of aromatic nitrogens is 2. The standard InChI is InChI=1S/C16H21N5O/c17-15-13(16(18)22)14(11-6-2-1-3-7-11)20-21(15)12-8-4-5-9-19-10-12/h1-3,6-7,12,19H,4-5,8-10,17H2,(H2,18,22). The number of carbonyl (C=O) groups excluding carboxylic acids is 1. The Labute approximate surface area is 129 Å². The van der Waals surface area contributed by atoms with Crippen molar-refractivity contribution in [3.8, 4) is 11.3 Å². The van der Waals surface area contributed by atoms with Crippen LogP contribution in [0.4, 0.5) is 5.82 Å². The number of primary amides is 1. The maximum Gasteiger partial charge on any atom is 0.254 e. The molecule has 1 saturated heterocycles. The summed E-state index contributed by atoms with van der Waals surface area (Å²) in [5.41, 5.74) is 13.5. The van der Waals surface area contributed by atoms with Crippen LogP contribution in [0.5, 0.6) is 0 Å². The Bertz CT molecular complexity index is 657. The van der Waals surface area contributed by atoms with Gasteiger partial charge in [0, 0.05) is 12.1 Å². The smallest absolute Gasteiger partial charge is 0.254 e. The van der Waals surface area contributed by atoms with E-state index in [0.29, 0.717) is 17.1 Å². The van der Waals surface area contributed by atoms with Crippen LogP contribution in [0.2, 0.25) is 0 Å². The molecule has 1 aliphatic rings. The lowest BCUT2D eigenvalue weighted by atomic mass is 10.1. The molecule has 0 saturated carbocycles. The van der Waals surface area contributed by atoms with Crippen LogP contribution in [0.25, 0.3) is 11.3 Å². The maximum absolute atomic E-state index is 11.9. The molecule has 22 heavy (non-hydrogen) atoms. The summed E-state index contributed by atoms with van der Waals surface area (Å²) < 4.78 is 1.76. The third-order valence-corrected chi connectivity index (χ3v) is 4.11. The predicted octanol–water partition coefficient (Wildman–Crippen LogP) is 1.55. The van der Waals surface area contributed by atoms with Gasteiger partial charge in [-0.05, 0) is 19.4 Å². The fourth-order valence-electron chi connectivity index (χ4n) is 2.98. The number of carbonyl (C=O) groups is 1. The Kier molecular flexibility index (Phi) is 4.11. The van der Waals surface area contributed by atoms with Crippen LogP contribution < -0.4 is 16.8 Å². The van der Waals surface area contributed by atoms with Crippen molar-refractivity contribution in [3.05, 3.63) is 35.9 Å². The molecule has 1 fully saturated rings. The SMILES string of the molecule is NC(=O)c1c(-c2ccccc2)nn(C2CCCCNC2)c1N. The van der Waals surface area contributed by atoms with E-state index in [1.807, 2.05) is 30.3 Å². The number of hydrogen-bond donors (Lipinski definition) is 3. The fraction of sp³-hybridized carbons (Fsp3) is 0.375. The molecule has 1 amide bonds. The van der Waals surface area contributed by atoms with Crippen LogP contribution in [0, 0.1) is 0 Å². The Morgan fingerprint density at radius 3 is 2.77 bits per heavy atom. The zero-order chi connectivity index (χ0) is 15.5. The number of nitrogens with two attached hydrogens (primary N) is 2. The lowest BCUT2D eigenvalue weighted by Gasteiger charge is -2.16. The number of amides is 1. The van der Waals surface area contributed by atoms with Crippen LogP contribution in [-0.2, 0) is 0 Å². The van der Waals surface area contributed by atoms with Crippen LogP contribution >= 0.6 is 0 Å². The Morgan fingerprint density at radius 2 is 2.05 bits per heavy atom. The Hall–Kier alpha value is -2.34. The monoisotopic (exact) mass is 299 g/mol. The highest BCUT2D eigenvalue weighted by atomic mass is 16.1. The van der Waals surface area contributed by atoms with E-state index in [0.717, 1.165) is 37.9 Å². The topological polar surface area (TPSA) is 99.0 Å². The van der Waals surface area contributed by atoms with Gasteiger partial charge in [0.15, 0.2) is 0 Å². The summed E-state index contributed by atoms with van der Waals surface area (Å²) in [5, 5.41) is 8.01. The van der Waals surface area contributed by atoms with Crippen molar-refractivity contribution in [1.29, 1.82) is 0 Å². The van der Waals surface area contributed by atoms with Crippen molar-refractivity contribution < 1.29 is 4.79 Å². The molecular formula is C16H21N5O. The lowest BCUT2D eigenvalue weighted by molar-refractivity contribution is 0.100. The summed E-state index contributed by atoms with van der Waals surface area (Å²) >= 11 is 0. The fourth-order valence-corrected chi connectivity index (χ4v) is 2.98. The summed E-state index contributed by atoms with van der Waals surface area (Å²) in [4.78, 5) is 11.9. The van der Waals surface area contributed by atoms with Crippen LogP contribution in [0.3, 0.4) is 0 Å². The highest BCUT2D eigenvalue weighted by Crippen LogP contribution is 2.30. The maximum atomic E-state index is 11.9. The molecule has 0 aliphatic carbocycles. The molecule has 2 aromatic rings. The Morgan fingerprint density at radius 1 is 1.27 bits per heavy atom.